The van der Waals surface area contributed by atoms with Gasteiger partial charge in [0.05, 0.1) is 17.4 Å². The van der Waals surface area contributed by atoms with Crippen LogP contribution in [0.5, 0.6) is 0 Å². The first-order valence-electron chi connectivity index (χ1n) is 6.66. The summed E-state index contributed by atoms with van der Waals surface area (Å²) in [5.41, 5.74) is 2.71. The molecule has 1 atom stereocenters. The number of nitrogens with one attached hydrogen (secondary N) is 1. The number of thiazole rings is 1. The Bertz CT molecular complexity index is 630. The van der Waals surface area contributed by atoms with Crippen LogP contribution in [0.4, 0.5) is 5.69 Å². The van der Waals surface area contributed by atoms with E-state index in [9.17, 15) is 9.59 Å². The summed E-state index contributed by atoms with van der Waals surface area (Å²) in [6, 6.07) is 3.13. The average Bonchev–Trinajstić information content (AvgIpc) is 3.05. The molecule has 0 radical (unpaired) electrons. The van der Waals surface area contributed by atoms with E-state index in [4.69, 9.17) is 0 Å². The van der Waals surface area contributed by atoms with Gasteiger partial charge in [0.1, 0.15) is 11.7 Å². The molecule has 21 heavy (non-hydrogen) atoms. The summed E-state index contributed by atoms with van der Waals surface area (Å²) in [5, 5.41) is 4.43. The van der Waals surface area contributed by atoms with Gasteiger partial charge in [-0.05, 0) is 25.0 Å². The molecule has 3 heterocycles. The fraction of sp³-hybridized carbons (Fsp3) is 0.286. The van der Waals surface area contributed by atoms with E-state index in [1.165, 1.54) is 11.3 Å². The summed E-state index contributed by atoms with van der Waals surface area (Å²) in [4.78, 5) is 34.2. The number of carbonyl (C=O) groups is 2. The smallest absolute Gasteiger partial charge is 0.271 e. The van der Waals surface area contributed by atoms with Crippen LogP contribution in [0, 0.1) is 0 Å². The molecule has 0 spiro atoms. The fourth-order valence-corrected chi connectivity index (χ4v) is 2.87. The van der Waals surface area contributed by atoms with E-state index in [1.54, 1.807) is 34.3 Å². The summed E-state index contributed by atoms with van der Waals surface area (Å²) in [6.45, 7) is 0.646. The summed E-state index contributed by atoms with van der Waals surface area (Å²) >= 11 is 1.35. The van der Waals surface area contributed by atoms with Crippen molar-refractivity contribution in [1.29, 1.82) is 0 Å². The predicted molar refractivity (Wildman–Crippen MR) is 79.2 cm³/mol. The van der Waals surface area contributed by atoms with Gasteiger partial charge < -0.3 is 10.2 Å². The Hall–Kier alpha value is -2.28. The van der Waals surface area contributed by atoms with Crippen LogP contribution in [0.3, 0.4) is 0 Å². The van der Waals surface area contributed by atoms with Crippen LogP contribution in [-0.4, -0.2) is 34.4 Å². The Balaban J connectivity index is 1.72. The molecule has 3 rings (SSSR count). The highest BCUT2D eigenvalue weighted by Crippen LogP contribution is 2.20. The van der Waals surface area contributed by atoms with Gasteiger partial charge in [0.15, 0.2) is 0 Å². The van der Waals surface area contributed by atoms with Crippen LogP contribution in [0.15, 0.2) is 35.4 Å². The molecular weight excluding hydrogens is 288 g/mol. The van der Waals surface area contributed by atoms with Crippen molar-refractivity contribution in [3.63, 3.8) is 0 Å². The van der Waals surface area contributed by atoms with Gasteiger partial charge in [-0.2, -0.15) is 0 Å². The molecule has 0 aliphatic carbocycles. The lowest BCUT2D eigenvalue weighted by Crippen LogP contribution is -2.52. The molecule has 1 N–H and O–H groups in total. The number of nitrogens with zero attached hydrogens (tertiary/aromatic N) is 3. The maximum Gasteiger partial charge on any atom is 0.271 e. The molecule has 1 aliphatic rings. The van der Waals surface area contributed by atoms with E-state index in [-0.39, 0.29) is 11.8 Å². The van der Waals surface area contributed by atoms with E-state index in [0.717, 1.165) is 12.1 Å². The minimum Gasteiger partial charge on any atom is -0.339 e. The van der Waals surface area contributed by atoms with Crippen LogP contribution in [0.2, 0.25) is 0 Å². The van der Waals surface area contributed by atoms with E-state index in [1.807, 2.05) is 6.07 Å². The van der Waals surface area contributed by atoms with E-state index in [2.05, 4.69) is 15.3 Å². The Morgan fingerprint density at radius 1 is 1.48 bits per heavy atom. The number of hydrogen-bond donors (Lipinski definition) is 1. The third-order valence-electron chi connectivity index (χ3n) is 3.37. The second-order valence-corrected chi connectivity index (χ2v) is 5.46. The Morgan fingerprint density at radius 2 is 2.38 bits per heavy atom. The van der Waals surface area contributed by atoms with Crippen molar-refractivity contribution in [2.24, 2.45) is 0 Å². The van der Waals surface area contributed by atoms with Gasteiger partial charge >= 0.3 is 0 Å². The Morgan fingerprint density at radius 3 is 3.10 bits per heavy atom. The molecular formula is C14H14N4O2S. The van der Waals surface area contributed by atoms with Gasteiger partial charge in [-0.3, -0.25) is 14.6 Å². The van der Waals surface area contributed by atoms with E-state index < -0.39 is 6.04 Å². The summed E-state index contributed by atoms with van der Waals surface area (Å²) in [5.74, 6) is -0.402. The number of hydrogen-bond acceptors (Lipinski definition) is 5. The topological polar surface area (TPSA) is 75.2 Å². The normalized spacial score (nSPS) is 18.6. The summed E-state index contributed by atoms with van der Waals surface area (Å²) < 4.78 is 0. The lowest BCUT2D eigenvalue weighted by atomic mass is 10.0. The number of rotatable bonds is 3. The van der Waals surface area contributed by atoms with Crippen LogP contribution < -0.4 is 10.2 Å². The number of amides is 2. The molecule has 0 bridgehead atoms. The molecule has 7 heteroatoms. The van der Waals surface area contributed by atoms with Gasteiger partial charge in [0, 0.05) is 18.1 Å². The second-order valence-electron chi connectivity index (χ2n) is 4.74. The molecule has 1 saturated heterocycles. The van der Waals surface area contributed by atoms with Gasteiger partial charge in [-0.25, -0.2) is 4.98 Å². The van der Waals surface area contributed by atoms with Crippen molar-refractivity contribution in [3.05, 3.63) is 41.1 Å². The summed E-state index contributed by atoms with van der Waals surface area (Å²) in [7, 11) is 0. The van der Waals surface area contributed by atoms with Crippen LogP contribution >= 0.6 is 11.3 Å². The maximum absolute atomic E-state index is 12.5. The Labute approximate surface area is 125 Å². The molecule has 1 aliphatic heterocycles. The highest BCUT2D eigenvalue weighted by Gasteiger charge is 2.31. The highest BCUT2D eigenvalue weighted by atomic mass is 32.1. The fourth-order valence-electron chi connectivity index (χ4n) is 2.34. The zero-order valence-corrected chi connectivity index (χ0v) is 12.0. The first-order valence-corrected chi connectivity index (χ1v) is 7.60. The molecule has 2 aromatic rings. The van der Waals surface area contributed by atoms with Crippen molar-refractivity contribution in [2.75, 3.05) is 11.4 Å². The molecule has 108 valence electrons. The van der Waals surface area contributed by atoms with Crippen LogP contribution in [0.1, 0.15) is 23.3 Å². The quantitative estimate of drug-likeness (QED) is 0.931. The van der Waals surface area contributed by atoms with Crippen molar-refractivity contribution >= 4 is 28.8 Å². The van der Waals surface area contributed by atoms with Crippen molar-refractivity contribution in [2.45, 2.75) is 18.9 Å². The van der Waals surface area contributed by atoms with Crippen LogP contribution in [-0.2, 0) is 4.79 Å². The maximum atomic E-state index is 12.5. The molecule has 0 unspecified atom stereocenters. The second kappa shape index (κ2) is 6.01. The SMILES string of the molecule is O=C(N[C@@H]1CCCN(c2cccnc2)C1=O)c1cscn1. The van der Waals surface area contributed by atoms with Gasteiger partial charge in [-0.1, -0.05) is 0 Å². The first-order chi connectivity index (χ1) is 10.3. The van der Waals surface area contributed by atoms with Gasteiger partial charge in [-0.15, -0.1) is 11.3 Å². The molecule has 2 amide bonds. The standard InChI is InChI=1S/C14H14N4O2S/c19-13(12-8-21-9-16-12)17-11-4-2-6-18(14(11)20)10-3-1-5-15-7-10/h1,3,5,7-9,11H,2,4,6H2,(H,17,19)/t11-/m1/s1. The number of carbonyl (C=O) groups excluding carboxylic acids is 2. The highest BCUT2D eigenvalue weighted by molar-refractivity contribution is 7.07. The largest absolute Gasteiger partial charge is 0.339 e. The monoisotopic (exact) mass is 302 g/mol. The molecule has 0 saturated carbocycles. The zero-order valence-electron chi connectivity index (χ0n) is 11.2. The predicted octanol–water partition coefficient (Wildman–Crippen LogP) is 1.46. The van der Waals surface area contributed by atoms with Crippen molar-refractivity contribution in [1.82, 2.24) is 15.3 Å². The number of pyridine rings is 1. The lowest BCUT2D eigenvalue weighted by Gasteiger charge is -2.32. The van der Waals surface area contributed by atoms with Gasteiger partial charge in [0.2, 0.25) is 5.91 Å². The van der Waals surface area contributed by atoms with Gasteiger partial charge in [0.25, 0.3) is 5.91 Å². The summed E-state index contributed by atoms with van der Waals surface area (Å²) in [6.07, 6.45) is 4.80. The number of piperidine rings is 1. The van der Waals surface area contributed by atoms with Crippen molar-refractivity contribution in [3.8, 4) is 0 Å². The van der Waals surface area contributed by atoms with Crippen LogP contribution in [0.25, 0.3) is 0 Å². The lowest BCUT2D eigenvalue weighted by molar-refractivity contribution is -0.121. The number of aromatic nitrogens is 2. The van der Waals surface area contributed by atoms with Crippen molar-refractivity contribution < 1.29 is 9.59 Å². The third-order valence-corrected chi connectivity index (χ3v) is 3.95. The third kappa shape index (κ3) is 2.92. The molecule has 2 aromatic heterocycles. The first kappa shape index (κ1) is 13.7. The minimum atomic E-state index is -0.506. The molecule has 6 nitrogen and oxygen atoms in total. The van der Waals surface area contributed by atoms with E-state index in [0.29, 0.717) is 18.7 Å². The molecule has 0 aromatic carbocycles. The molecule has 1 fully saturated rings. The minimum absolute atomic E-state index is 0.0992. The number of anilines is 1. The average molecular weight is 302 g/mol. The Kier molecular flexibility index (Phi) is 3.92. The van der Waals surface area contributed by atoms with E-state index >= 15 is 0 Å². The zero-order chi connectivity index (χ0) is 14.7.